The van der Waals surface area contributed by atoms with E-state index in [1.165, 1.54) is 19.3 Å². The van der Waals surface area contributed by atoms with E-state index in [0.29, 0.717) is 10.8 Å². The summed E-state index contributed by atoms with van der Waals surface area (Å²) in [6.07, 6.45) is 6.07. The summed E-state index contributed by atoms with van der Waals surface area (Å²) < 4.78 is 0. The Morgan fingerprint density at radius 1 is 1.33 bits per heavy atom. The number of aliphatic hydroxyl groups excluding tert-OH is 1. The molecule has 0 heterocycles. The highest BCUT2D eigenvalue weighted by atomic mass is 16.3. The minimum atomic E-state index is -0.0783. The maximum absolute atomic E-state index is 9.89. The smallest absolute Gasteiger partial charge is 0.0540 e. The molecule has 1 N–H and O–H groups in total. The molecule has 0 spiro atoms. The van der Waals surface area contributed by atoms with Crippen LogP contribution in [0.2, 0.25) is 0 Å². The molecule has 4 atom stereocenters. The summed E-state index contributed by atoms with van der Waals surface area (Å²) in [6, 6.07) is 0. The molecule has 1 heteroatoms. The number of rotatable bonds is 3. The number of hydrogen-bond donors (Lipinski definition) is 1. The van der Waals surface area contributed by atoms with Gasteiger partial charge in [0, 0.05) is 0 Å². The maximum atomic E-state index is 9.89. The predicted octanol–water partition coefficient (Wildman–Crippen LogP) is 3.61. The van der Waals surface area contributed by atoms with E-state index in [0.717, 1.165) is 24.7 Å². The van der Waals surface area contributed by atoms with Crippen molar-refractivity contribution in [3.05, 3.63) is 0 Å². The second-order valence-corrected chi connectivity index (χ2v) is 6.77. The molecule has 0 radical (unpaired) electrons. The van der Waals surface area contributed by atoms with Crippen molar-refractivity contribution in [2.75, 3.05) is 0 Å². The molecule has 0 aromatic rings. The van der Waals surface area contributed by atoms with Crippen LogP contribution in [0.25, 0.3) is 0 Å². The molecule has 2 saturated carbocycles. The van der Waals surface area contributed by atoms with Crippen molar-refractivity contribution < 1.29 is 5.11 Å². The van der Waals surface area contributed by atoms with E-state index in [9.17, 15) is 5.11 Å². The average molecular weight is 210 g/mol. The van der Waals surface area contributed by atoms with Gasteiger partial charge in [0.1, 0.15) is 0 Å². The lowest BCUT2D eigenvalue weighted by Crippen LogP contribution is -2.37. The highest BCUT2D eigenvalue weighted by Crippen LogP contribution is 2.67. The molecule has 1 nitrogen and oxygen atoms in total. The van der Waals surface area contributed by atoms with Gasteiger partial charge in [-0.25, -0.2) is 0 Å². The molecule has 2 aliphatic rings. The van der Waals surface area contributed by atoms with Gasteiger partial charge in [-0.2, -0.15) is 0 Å². The zero-order chi connectivity index (χ0) is 11.3. The van der Waals surface area contributed by atoms with Crippen LogP contribution in [0.5, 0.6) is 0 Å². The molecule has 0 saturated heterocycles. The van der Waals surface area contributed by atoms with E-state index < -0.39 is 0 Å². The highest BCUT2D eigenvalue weighted by molar-refractivity contribution is 5.08. The maximum Gasteiger partial charge on any atom is 0.0540 e. The first-order chi connectivity index (χ1) is 6.90. The van der Waals surface area contributed by atoms with Crippen LogP contribution in [-0.2, 0) is 0 Å². The Balaban J connectivity index is 2.15. The largest absolute Gasteiger partial charge is 0.393 e. The molecule has 2 aliphatic carbocycles. The Morgan fingerprint density at radius 2 is 2.00 bits per heavy atom. The van der Waals surface area contributed by atoms with Gasteiger partial charge in [0.15, 0.2) is 0 Å². The number of fused-ring (bicyclic) bond motifs is 2. The Hall–Kier alpha value is -0.0400. The molecule has 15 heavy (non-hydrogen) atoms. The predicted molar refractivity (Wildman–Crippen MR) is 63.6 cm³/mol. The molecule has 0 aromatic heterocycles. The normalized spacial score (nSPS) is 44.6. The van der Waals surface area contributed by atoms with Gasteiger partial charge in [-0.05, 0) is 54.8 Å². The van der Waals surface area contributed by atoms with Crippen molar-refractivity contribution in [2.45, 2.75) is 65.9 Å². The summed E-state index contributed by atoms with van der Waals surface area (Å²) in [5.41, 5.74) is 0.994. The third-order valence-electron chi connectivity index (χ3n) is 5.55. The van der Waals surface area contributed by atoms with E-state index in [2.05, 4.69) is 27.7 Å². The van der Waals surface area contributed by atoms with Crippen LogP contribution in [0.3, 0.4) is 0 Å². The first-order valence-electron chi connectivity index (χ1n) is 6.58. The van der Waals surface area contributed by atoms with Crippen LogP contribution in [0.1, 0.15) is 59.8 Å². The fourth-order valence-corrected chi connectivity index (χ4v) is 4.43. The summed E-state index contributed by atoms with van der Waals surface area (Å²) >= 11 is 0. The first kappa shape index (κ1) is 11.4. The van der Waals surface area contributed by atoms with Crippen LogP contribution < -0.4 is 0 Å². The second kappa shape index (κ2) is 3.48. The minimum Gasteiger partial charge on any atom is -0.393 e. The van der Waals surface area contributed by atoms with Crippen molar-refractivity contribution in [2.24, 2.45) is 22.7 Å². The van der Waals surface area contributed by atoms with Crippen molar-refractivity contribution in [3.63, 3.8) is 0 Å². The number of aliphatic hydroxyl groups is 1. The second-order valence-electron chi connectivity index (χ2n) is 6.77. The molecule has 0 aliphatic heterocycles. The lowest BCUT2D eigenvalue weighted by Gasteiger charge is -2.43. The zero-order valence-electron chi connectivity index (χ0n) is 10.7. The Kier molecular flexibility index (Phi) is 2.65. The van der Waals surface area contributed by atoms with Gasteiger partial charge in [0.25, 0.3) is 0 Å². The van der Waals surface area contributed by atoms with Crippen molar-refractivity contribution in [1.29, 1.82) is 0 Å². The summed E-state index contributed by atoms with van der Waals surface area (Å²) in [5.74, 6) is 1.65. The van der Waals surface area contributed by atoms with Gasteiger partial charge in [-0.1, -0.05) is 27.7 Å². The van der Waals surface area contributed by atoms with Crippen LogP contribution in [-0.4, -0.2) is 11.2 Å². The molecule has 2 bridgehead atoms. The third kappa shape index (κ3) is 1.63. The lowest BCUT2D eigenvalue weighted by atomic mass is 9.62. The molecule has 88 valence electrons. The molecular formula is C14H26O. The summed E-state index contributed by atoms with van der Waals surface area (Å²) in [7, 11) is 0. The molecule has 0 aromatic carbocycles. The van der Waals surface area contributed by atoms with Gasteiger partial charge in [-0.3, -0.25) is 0 Å². The van der Waals surface area contributed by atoms with E-state index in [1.807, 2.05) is 0 Å². The molecule has 0 amide bonds. The van der Waals surface area contributed by atoms with E-state index in [1.54, 1.807) is 0 Å². The van der Waals surface area contributed by atoms with Crippen molar-refractivity contribution >= 4 is 0 Å². The molecular weight excluding hydrogens is 184 g/mol. The zero-order valence-corrected chi connectivity index (χ0v) is 10.7. The monoisotopic (exact) mass is 210 g/mol. The quantitative estimate of drug-likeness (QED) is 0.754. The van der Waals surface area contributed by atoms with Crippen LogP contribution in [0, 0.1) is 22.7 Å². The van der Waals surface area contributed by atoms with E-state index >= 15 is 0 Å². The van der Waals surface area contributed by atoms with Crippen LogP contribution >= 0.6 is 0 Å². The van der Waals surface area contributed by atoms with Gasteiger partial charge < -0.3 is 5.11 Å². The number of hydrogen-bond acceptors (Lipinski definition) is 1. The molecule has 2 rings (SSSR count). The first-order valence-corrected chi connectivity index (χ1v) is 6.58. The SMILES string of the molecule is CCC(O)CC1C2(C)CCC(C2)C1(C)C. The summed E-state index contributed by atoms with van der Waals surface area (Å²) in [4.78, 5) is 0. The fraction of sp³-hybridized carbons (Fsp3) is 1.00. The molecule has 2 fully saturated rings. The Labute approximate surface area is 94.3 Å². The van der Waals surface area contributed by atoms with Gasteiger partial charge >= 0.3 is 0 Å². The van der Waals surface area contributed by atoms with Crippen molar-refractivity contribution in [1.82, 2.24) is 0 Å². The summed E-state index contributed by atoms with van der Waals surface area (Å²) in [6.45, 7) is 9.40. The third-order valence-corrected chi connectivity index (χ3v) is 5.55. The topological polar surface area (TPSA) is 20.2 Å². The Morgan fingerprint density at radius 3 is 2.47 bits per heavy atom. The standard InChI is InChI=1S/C14H26O/c1-5-11(15)8-12-13(2,3)10-6-7-14(12,4)9-10/h10-12,15H,5-9H2,1-4H3. The van der Waals surface area contributed by atoms with E-state index in [-0.39, 0.29) is 6.10 Å². The van der Waals surface area contributed by atoms with Gasteiger partial charge in [-0.15, -0.1) is 0 Å². The summed E-state index contributed by atoms with van der Waals surface area (Å²) in [5, 5.41) is 9.89. The Bertz CT molecular complexity index is 241. The lowest BCUT2D eigenvalue weighted by molar-refractivity contribution is 0.0219. The van der Waals surface area contributed by atoms with Gasteiger partial charge in [0.2, 0.25) is 0 Å². The average Bonchev–Trinajstić information content (AvgIpc) is 2.63. The van der Waals surface area contributed by atoms with Crippen molar-refractivity contribution in [3.8, 4) is 0 Å². The van der Waals surface area contributed by atoms with Crippen LogP contribution in [0.4, 0.5) is 0 Å². The van der Waals surface area contributed by atoms with E-state index in [4.69, 9.17) is 0 Å². The van der Waals surface area contributed by atoms with Crippen LogP contribution in [0.15, 0.2) is 0 Å². The molecule has 4 unspecified atom stereocenters. The minimum absolute atomic E-state index is 0.0783. The van der Waals surface area contributed by atoms with Gasteiger partial charge in [0.05, 0.1) is 6.10 Å². The highest BCUT2D eigenvalue weighted by Gasteiger charge is 2.58. The fourth-order valence-electron chi connectivity index (χ4n) is 4.43.